The first-order valence-electron chi connectivity index (χ1n) is 8.46. The van der Waals surface area contributed by atoms with Crippen LogP contribution in [0.3, 0.4) is 0 Å². The minimum absolute atomic E-state index is 0.0372. The predicted octanol–water partition coefficient (Wildman–Crippen LogP) is 2.50. The van der Waals surface area contributed by atoms with Gasteiger partial charge in [0, 0.05) is 12.6 Å². The highest BCUT2D eigenvalue weighted by Gasteiger charge is 2.26. The molecule has 0 aliphatic carbocycles. The third-order valence-corrected chi connectivity index (χ3v) is 3.62. The fraction of sp³-hybridized carbons (Fsp3) is 0.250. The second-order valence-corrected chi connectivity index (χ2v) is 5.76. The van der Waals surface area contributed by atoms with Crippen molar-refractivity contribution in [2.75, 3.05) is 13.7 Å². The molecule has 0 saturated heterocycles. The second-order valence-electron chi connectivity index (χ2n) is 5.76. The summed E-state index contributed by atoms with van der Waals surface area (Å²) in [4.78, 5) is 35.9. The van der Waals surface area contributed by atoms with Crippen LogP contribution in [-0.2, 0) is 14.3 Å². The van der Waals surface area contributed by atoms with E-state index in [1.807, 2.05) is 25.1 Å². The molecule has 0 fully saturated rings. The molecule has 0 aromatic heterocycles. The highest BCUT2D eigenvalue weighted by Crippen LogP contribution is 2.19. The normalized spacial score (nSPS) is 11.2. The van der Waals surface area contributed by atoms with Crippen molar-refractivity contribution in [1.82, 2.24) is 10.6 Å². The molecular formula is C20H22N2O5. The molecule has 1 atom stereocenters. The van der Waals surface area contributed by atoms with Crippen LogP contribution in [0.5, 0.6) is 5.75 Å². The lowest BCUT2D eigenvalue weighted by Crippen LogP contribution is -2.41. The predicted molar refractivity (Wildman–Crippen MR) is 99.2 cm³/mol. The second kappa shape index (κ2) is 9.96. The van der Waals surface area contributed by atoms with Crippen molar-refractivity contribution in [2.24, 2.45) is 0 Å². The quantitative estimate of drug-likeness (QED) is 0.731. The molecule has 0 heterocycles. The summed E-state index contributed by atoms with van der Waals surface area (Å²) >= 11 is 0. The van der Waals surface area contributed by atoms with E-state index in [2.05, 4.69) is 10.6 Å². The van der Waals surface area contributed by atoms with Gasteiger partial charge in [0.2, 0.25) is 6.10 Å². The van der Waals surface area contributed by atoms with Crippen molar-refractivity contribution in [3.8, 4) is 5.75 Å². The Kier molecular flexibility index (Phi) is 7.37. The Hall–Kier alpha value is -3.35. The number of urea groups is 1. The van der Waals surface area contributed by atoms with Crippen molar-refractivity contribution >= 4 is 17.9 Å². The van der Waals surface area contributed by atoms with Crippen molar-refractivity contribution in [2.45, 2.75) is 19.4 Å². The summed E-state index contributed by atoms with van der Waals surface area (Å²) in [6.07, 6.45) is -1.26. The number of hydrogen-bond donors (Lipinski definition) is 2. The van der Waals surface area contributed by atoms with Gasteiger partial charge in [-0.2, -0.15) is 0 Å². The van der Waals surface area contributed by atoms with Crippen molar-refractivity contribution in [3.05, 3.63) is 65.7 Å². The highest BCUT2D eigenvalue weighted by molar-refractivity contribution is 5.97. The molecule has 2 rings (SSSR count). The summed E-state index contributed by atoms with van der Waals surface area (Å²) in [7, 11) is 1.38. The molecule has 0 unspecified atom stereocenters. The van der Waals surface area contributed by atoms with Crippen LogP contribution in [-0.4, -0.2) is 31.6 Å². The summed E-state index contributed by atoms with van der Waals surface area (Å²) in [5.41, 5.74) is 1.51. The molecule has 142 valence electrons. The van der Waals surface area contributed by atoms with Gasteiger partial charge in [-0.25, -0.2) is 4.79 Å². The van der Waals surface area contributed by atoms with Gasteiger partial charge in [0.05, 0.1) is 13.0 Å². The molecule has 7 heteroatoms. The van der Waals surface area contributed by atoms with Gasteiger partial charge >= 0.3 is 12.0 Å². The van der Waals surface area contributed by atoms with Crippen LogP contribution < -0.4 is 15.4 Å². The van der Waals surface area contributed by atoms with Crippen LogP contribution >= 0.6 is 0 Å². The van der Waals surface area contributed by atoms with Crippen LogP contribution in [0.1, 0.15) is 23.7 Å². The molecule has 0 saturated carbocycles. The van der Waals surface area contributed by atoms with Gasteiger partial charge in [-0.15, -0.1) is 0 Å². The van der Waals surface area contributed by atoms with E-state index in [1.165, 1.54) is 7.05 Å². The van der Waals surface area contributed by atoms with Crippen LogP contribution in [0.25, 0.3) is 0 Å². The van der Waals surface area contributed by atoms with E-state index in [-0.39, 0.29) is 13.0 Å². The van der Waals surface area contributed by atoms with E-state index in [9.17, 15) is 14.4 Å². The topological polar surface area (TPSA) is 93.7 Å². The number of rotatable bonds is 7. The molecule has 2 aromatic carbocycles. The number of carbonyl (C=O) groups is 3. The Labute approximate surface area is 157 Å². The molecule has 0 spiro atoms. The Morgan fingerprint density at radius 2 is 1.78 bits per heavy atom. The largest absolute Gasteiger partial charge is 0.493 e. The van der Waals surface area contributed by atoms with E-state index in [0.717, 1.165) is 5.56 Å². The summed E-state index contributed by atoms with van der Waals surface area (Å²) in [6.45, 7) is 2.05. The van der Waals surface area contributed by atoms with Crippen LogP contribution in [0.2, 0.25) is 0 Å². The van der Waals surface area contributed by atoms with E-state index in [4.69, 9.17) is 9.47 Å². The number of carbonyl (C=O) groups excluding carboxylic acids is 3. The van der Waals surface area contributed by atoms with Crippen molar-refractivity contribution < 1.29 is 23.9 Å². The van der Waals surface area contributed by atoms with E-state index in [1.54, 1.807) is 36.4 Å². The molecule has 0 aliphatic rings. The Balaban J connectivity index is 1.96. The van der Waals surface area contributed by atoms with Gasteiger partial charge in [0.15, 0.2) is 0 Å². The zero-order chi connectivity index (χ0) is 19.6. The van der Waals surface area contributed by atoms with E-state index < -0.39 is 24.0 Å². The molecule has 0 radical (unpaired) electrons. The third-order valence-electron chi connectivity index (χ3n) is 3.62. The lowest BCUT2D eigenvalue weighted by molar-refractivity contribution is -0.156. The van der Waals surface area contributed by atoms with Gasteiger partial charge in [-0.1, -0.05) is 42.5 Å². The Morgan fingerprint density at radius 1 is 1.04 bits per heavy atom. The Morgan fingerprint density at radius 3 is 2.44 bits per heavy atom. The maximum atomic E-state index is 12.3. The van der Waals surface area contributed by atoms with Gasteiger partial charge in [-0.3, -0.25) is 14.9 Å². The minimum Gasteiger partial charge on any atom is -0.493 e. The van der Waals surface area contributed by atoms with Gasteiger partial charge in [0.1, 0.15) is 5.75 Å². The summed E-state index contributed by atoms with van der Waals surface area (Å²) in [5.74, 6) is -0.683. The number of imide groups is 1. The smallest absolute Gasteiger partial charge is 0.321 e. The molecule has 2 aromatic rings. The number of hydrogen-bond acceptors (Lipinski definition) is 5. The fourth-order valence-corrected chi connectivity index (χ4v) is 2.29. The van der Waals surface area contributed by atoms with Gasteiger partial charge < -0.3 is 14.8 Å². The molecule has 27 heavy (non-hydrogen) atoms. The molecule has 0 aliphatic heterocycles. The monoisotopic (exact) mass is 370 g/mol. The van der Waals surface area contributed by atoms with Crippen LogP contribution in [0.15, 0.2) is 54.6 Å². The van der Waals surface area contributed by atoms with Gasteiger partial charge in [-0.05, 0) is 24.6 Å². The summed E-state index contributed by atoms with van der Waals surface area (Å²) in [5, 5.41) is 4.41. The average Bonchev–Trinajstić information content (AvgIpc) is 2.66. The standard InChI is InChI=1S/C20H22N2O5/c1-14-7-6-10-16(13-14)26-12-11-17(23)27-18(15-8-4-3-5-9-15)19(24)22-20(25)21-2/h3-10,13,18H,11-12H2,1-2H3,(H2,21,22,24,25)/t18-/m0/s1. The third kappa shape index (κ3) is 6.47. The minimum atomic E-state index is -1.23. The number of benzene rings is 2. The number of amides is 3. The molecule has 0 bridgehead atoms. The average molecular weight is 370 g/mol. The maximum Gasteiger partial charge on any atom is 0.321 e. The zero-order valence-corrected chi connectivity index (χ0v) is 15.2. The summed E-state index contributed by atoms with van der Waals surface area (Å²) < 4.78 is 10.8. The molecule has 7 nitrogen and oxygen atoms in total. The zero-order valence-electron chi connectivity index (χ0n) is 15.2. The first kappa shape index (κ1) is 20.0. The van der Waals surface area contributed by atoms with E-state index in [0.29, 0.717) is 11.3 Å². The first-order chi connectivity index (χ1) is 13.0. The van der Waals surface area contributed by atoms with Gasteiger partial charge in [0.25, 0.3) is 5.91 Å². The molecule has 2 N–H and O–H groups in total. The number of nitrogens with one attached hydrogen (secondary N) is 2. The van der Waals surface area contributed by atoms with E-state index >= 15 is 0 Å². The fourth-order valence-electron chi connectivity index (χ4n) is 2.29. The van der Waals surface area contributed by atoms with Crippen molar-refractivity contribution in [1.29, 1.82) is 0 Å². The molecular weight excluding hydrogens is 348 g/mol. The molecule has 3 amide bonds. The Bertz CT molecular complexity index is 792. The maximum absolute atomic E-state index is 12.3. The van der Waals surface area contributed by atoms with Crippen molar-refractivity contribution in [3.63, 3.8) is 0 Å². The lowest BCUT2D eigenvalue weighted by atomic mass is 10.1. The summed E-state index contributed by atoms with van der Waals surface area (Å²) in [6, 6.07) is 15.3. The number of ether oxygens (including phenoxy) is 2. The van der Waals surface area contributed by atoms with Crippen LogP contribution in [0, 0.1) is 6.92 Å². The van der Waals surface area contributed by atoms with Crippen LogP contribution in [0.4, 0.5) is 4.79 Å². The number of aryl methyl sites for hydroxylation is 1. The first-order valence-corrected chi connectivity index (χ1v) is 8.46. The SMILES string of the molecule is CNC(=O)NC(=O)[C@@H](OC(=O)CCOc1cccc(C)c1)c1ccccc1. The number of esters is 1. The lowest BCUT2D eigenvalue weighted by Gasteiger charge is -2.17. The highest BCUT2D eigenvalue weighted by atomic mass is 16.6.